The Labute approximate surface area is 211 Å². The van der Waals surface area contributed by atoms with E-state index in [2.05, 4.69) is 58.5 Å². The SMILES string of the molecule is CCNC(=NCc1ccc(CN2CCN(CC)CC2)cc1)NCC1(CCO)CCOC1.I. The molecule has 32 heavy (non-hydrogen) atoms. The van der Waals surface area contributed by atoms with Crippen molar-refractivity contribution in [3.63, 3.8) is 0 Å². The number of ether oxygens (including phenoxy) is 1. The predicted molar refractivity (Wildman–Crippen MR) is 142 cm³/mol. The summed E-state index contributed by atoms with van der Waals surface area (Å²) < 4.78 is 5.59. The monoisotopic (exact) mass is 559 g/mol. The van der Waals surface area contributed by atoms with Crippen molar-refractivity contribution >= 4 is 29.9 Å². The molecule has 1 aromatic rings. The van der Waals surface area contributed by atoms with Gasteiger partial charge in [0.2, 0.25) is 0 Å². The number of hydrogen-bond acceptors (Lipinski definition) is 5. The van der Waals surface area contributed by atoms with E-state index < -0.39 is 0 Å². The highest BCUT2D eigenvalue weighted by Gasteiger charge is 2.34. The van der Waals surface area contributed by atoms with E-state index in [4.69, 9.17) is 9.73 Å². The lowest BCUT2D eigenvalue weighted by Gasteiger charge is -2.34. The molecule has 7 nitrogen and oxygen atoms in total. The molecule has 2 fully saturated rings. The highest BCUT2D eigenvalue weighted by Crippen LogP contribution is 2.31. The van der Waals surface area contributed by atoms with E-state index in [9.17, 15) is 5.11 Å². The summed E-state index contributed by atoms with van der Waals surface area (Å²) >= 11 is 0. The van der Waals surface area contributed by atoms with Gasteiger partial charge in [-0.25, -0.2) is 4.99 Å². The number of aliphatic hydroxyl groups excluding tert-OH is 1. The Morgan fingerprint density at radius 3 is 2.34 bits per heavy atom. The average molecular weight is 560 g/mol. The van der Waals surface area contributed by atoms with Gasteiger partial charge in [-0.3, -0.25) is 4.90 Å². The molecule has 2 heterocycles. The van der Waals surface area contributed by atoms with Crippen LogP contribution in [0.5, 0.6) is 0 Å². The molecule has 8 heteroatoms. The molecule has 0 aromatic heterocycles. The number of rotatable bonds is 10. The molecule has 1 aromatic carbocycles. The highest BCUT2D eigenvalue weighted by molar-refractivity contribution is 14.0. The van der Waals surface area contributed by atoms with Crippen LogP contribution in [0.4, 0.5) is 0 Å². The molecule has 0 radical (unpaired) electrons. The van der Waals surface area contributed by atoms with Gasteiger partial charge in [-0.05, 0) is 37.4 Å². The van der Waals surface area contributed by atoms with Gasteiger partial charge in [-0.1, -0.05) is 31.2 Å². The van der Waals surface area contributed by atoms with Gasteiger partial charge < -0.3 is 25.4 Å². The number of likely N-dealkylation sites (N-methyl/N-ethyl adjacent to an activating group) is 1. The first kappa shape index (κ1) is 27.3. The van der Waals surface area contributed by atoms with E-state index in [-0.39, 0.29) is 36.0 Å². The maximum atomic E-state index is 9.43. The van der Waals surface area contributed by atoms with Gasteiger partial charge in [0.05, 0.1) is 13.2 Å². The molecule has 3 rings (SSSR count). The number of benzene rings is 1. The summed E-state index contributed by atoms with van der Waals surface area (Å²) in [5.41, 5.74) is 2.59. The zero-order chi connectivity index (χ0) is 21.9. The van der Waals surface area contributed by atoms with Crippen LogP contribution in [0.15, 0.2) is 29.3 Å². The largest absolute Gasteiger partial charge is 0.396 e. The summed E-state index contributed by atoms with van der Waals surface area (Å²) in [4.78, 5) is 9.83. The normalized spacial score (nSPS) is 22.5. The van der Waals surface area contributed by atoms with E-state index in [0.29, 0.717) is 13.2 Å². The second-order valence-corrected chi connectivity index (χ2v) is 8.85. The number of guanidine groups is 1. The van der Waals surface area contributed by atoms with Crippen LogP contribution in [0.3, 0.4) is 0 Å². The fraction of sp³-hybridized carbons (Fsp3) is 0.708. The molecule has 2 aliphatic rings. The van der Waals surface area contributed by atoms with E-state index in [1.165, 1.54) is 24.2 Å². The van der Waals surface area contributed by atoms with Crippen molar-refractivity contribution in [2.75, 3.05) is 65.6 Å². The molecule has 2 aliphatic heterocycles. The van der Waals surface area contributed by atoms with Crippen molar-refractivity contribution in [2.45, 2.75) is 39.8 Å². The van der Waals surface area contributed by atoms with Crippen LogP contribution in [-0.2, 0) is 17.8 Å². The smallest absolute Gasteiger partial charge is 0.191 e. The summed E-state index contributed by atoms with van der Waals surface area (Å²) in [6.45, 7) is 15.1. The Morgan fingerprint density at radius 1 is 1.06 bits per heavy atom. The second kappa shape index (κ2) is 14.3. The number of nitrogens with zero attached hydrogens (tertiary/aromatic N) is 3. The van der Waals surface area contributed by atoms with Gasteiger partial charge >= 0.3 is 0 Å². The first-order valence-corrected chi connectivity index (χ1v) is 11.9. The van der Waals surface area contributed by atoms with E-state index in [1.807, 2.05) is 0 Å². The van der Waals surface area contributed by atoms with Crippen molar-refractivity contribution in [2.24, 2.45) is 10.4 Å². The Hall–Kier alpha value is -0.940. The minimum absolute atomic E-state index is 0. The lowest BCUT2D eigenvalue weighted by atomic mass is 9.84. The Balaban J connectivity index is 0.00000363. The summed E-state index contributed by atoms with van der Waals surface area (Å²) in [6.07, 6.45) is 1.74. The third kappa shape index (κ3) is 8.44. The minimum atomic E-state index is 0. The van der Waals surface area contributed by atoms with Crippen LogP contribution >= 0.6 is 24.0 Å². The van der Waals surface area contributed by atoms with E-state index >= 15 is 0 Å². The number of hydrogen-bond donors (Lipinski definition) is 3. The van der Waals surface area contributed by atoms with Gasteiger partial charge in [-0.2, -0.15) is 0 Å². The molecule has 0 amide bonds. The maximum Gasteiger partial charge on any atom is 0.191 e. The van der Waals surface area contributed by atoms with Crippen molar-refractivity contribution in [1.82, 2.24) is 20.4 Å². The summed E-state index contributed by atoms with van der Waals surface area (Å²) in [7, 11) is 0. The maximum absolute atomic E-state index is 9.43. The molecular weight excluding hydrogens is 517 g/mol. The van der Waals surface area contributed by atoms with Crippen LogP contribution in [0.1, 0.15) is 37.8 Å². The topological polar surface area (TPSA) is 72.4 Å². The molecule has 3 N–H and O–H groups in total. The lowest BCUT2D eigenvalue weighted by molar-refractivity contribution is 0.127. The zero-order valence-electron chi connectivity index (χ0n) is 19.8. The average Bonchev–Trinajstić information content (AvgIpc) is 3.26. The second-order valence-electron chi connectivity index (χ2n) is 8.85. The molecule has 2 saturated heterocycles. The number of aliphatic imine (C=N–C) groups is 1. The fourth-order valence-corrected chi connectivity index (χ4v) is 4.37. The van der Waals surface area contributed by atoms with Crippen molar-refractivity contribution in [3.8, 4) is 0 Å². The minimum Gasteiger partial charge on any atom is -0.396 e. The Kier molecular flexibility index (Phi) is 12.2. The molecule has 0 saturated carbocycles. The number of aliphatic hydroxyl groups is 1. The van der Waals surface area contributed by atoms with Gasteiger partial charge in [0.15, 0.2) is 5.96 Å². The zero-order valence-corrected chi connectivity index (χ0v) is 22.1. The van der Waals surface area contributed by atoms with Gasteiger partial charge in [0.25, 0.3) is 0 Å². The first-order valence-electron chi connectivity index (χ1n) is 11.9. The Bertz CT molecular complexity index is 671. The molecule has 182 valence electrons. The number of nitrogens with one attached hydrogen (secondary N) is 2. The number of piperazine rings is 1. The third-order valence-electron chi connectivity index (χ3n) is 6.56. The number of halogens is 1. The third-order valence-corrected chi connectivity index (χ3v) is 6.56. The van der Waals surface area contributed by atoms with Crippen LogP contribution in [-0.4, -0.2) is 86.5 Å². The van der Waals surface area contributed by atoms with Crippen LogP contribution in [0, 0.1) is 5.41 Å². The van der Waals surface area contributed by atoms with Crippen molar-refractivity contribution in [3.05, 3.63) is 35.4 Å². The predicted octanol–water partition coefficient (Wildman–Crippen LogP) is 2.29. The Morgan fingerprint density at radius 2 is 1.75 bits per heavy atom. The van der Waals surface area contributed by atoms with Crippen LogP contribution < -0.4 is 10.6 Å². The molecular formula is C24H42IN5O2. The van der Waals surface area contributed by atoms with E-state index in [1.54, 1.807) is 0 Å². The molecule has 1 atom stereocenters. The molecule has 0 bridgehead atoms. The van der Waals surface area contributed by atoms with Crippen LogP contribution in [0.2, 0.25) is 0 Å². The standard InChI is InChI=1S/C24H41N5O2.HI/c1-3-25-23(27-19-24(9-15-30)10-16-31-20-24)26-17-21-5-7-22(8-6-21)18-29-13-11-28(4-2)12-14-29;/h5-8,30H,3-4,9-20H2,1-2H3,(H2,25,26,27);1H. The van der Waals surface area contributed by atoms with Gasteiger partial charge in [0, 0.05) is 64.4 Å². The molecule has 0 spiro atoms. The quantitative estimate of drug-likeness (QED) is 0.232. The molecule has 0 aliphatic carbocycles. The molecule has 1 unspecified atom stereocenters. The van der Waals surface area contributed by atoms with Crippen molar-refractivity contribution in [1.29, 1.82) is 0 Å². The first-order chi connectivity index (χ1) is 15.2. The fourth-order valence-electron chi connectivity index (χ4n) is 4.37. The lowest BCUT2D eigenvalue weighted by Crippen LogP contribution is -2.45. The van der Waals surface area contributed by atoms with Crippen molar-refractivity contribution < 1.29 is 9.84 Å². The highest BCUT2D eigenvalue weighted by atomic mass is 127. The van der Waals surface area contributed by atoms with Crippen LogP contribution in [0.25, 0.3) is 0 Å². The summed E-state index contributed by atoms with van der Waals surface area (Å²) in [6, 6.07) is 8.87. The summed E-state index contributed by atoms with van der Waals surface area (Å²) in [5.74, 6) is 0.824. The van der Waals surface area contributed by atoms with E-state index in [0.717, 1.165) is 64.7 Å². The summed E-state index contributed by atoms with van der Waals surface area (Å²) in [5, 5.41) is 16.2. The van der Waals surface area contributed by atoms with Gasteiger partial charge in [0.1, 0.15) is 0 Å². The van der Waals surface area contributed by atoms with Gasteiger partial charge in [-0.15, -0.1) is 24.0 Å².